The minimum Gasteiger partial charge on any atom is -0.477 e. The quantitative estimate of drug-likeness (QED) is 0.859. The van der Waals surface area contributed by atoms with Crippen LogP contribution in [0.25, 0.3) is 10.9 Å². The molecule has 3 N–H and O–H groups in total. The van der Waals surface area contributed by atoms with Gasteiger partial charge in [-0.05, 0) is 37.7 Å². The third kappa shape index (κ3) is 2.39. The maximum Gasteiger partial charge on any atom is 0.341 e. The summed E-state index contributed by atoms with van der Waals surface area (Å²) in [6, 6.07) is 0.903. The zero-order valence-corrected chi connectivity index (χ0v) is 14.5. The normalized spacial score (nSPS) is 26.9. The molecule has 0 spiro atoms. The molecule has 4 aliphatic rings. The number of fused-ring (bicyclic) bond motifs is 3. The van der Waals surface area contributed by atoms with Gasteiger partial charge in [0.15, 0.2) is 5.82 Å². The maximum atomic E-state index is 15.5. The summed E-state index contributed by atoms with van der Waals surface area (Å²) in [6.45, 7) is 0.892. The van der Waals surface area contributed by atoms with Crippen molar-refractivity contribution in [3.05, 3.63) is 39.7 Å². The summed E-state index contributed by atoms with van der Waals surface area (Å²) in [5.74, 6) is -2.75. The van der Waals surface area contributed by atoms with E-state index in [-0.39, 0.29) is 22.6 Å². The number of anilines is 1. The molecular formula is C19H19F2N3O3. The highest BCUT2D eigenvalue weighted by atomic mass is 19.1. The van der Waals surface area contributed by atoms with E-state index in [9.17, 15) is 19.1 Å². The zero-order chi connectivity index (χ0) is 19.1. The number of pyridine rings is 1. The molecule has 1 aromatic heterocycles. The first-order valence-corrected chi connectivity index (χ1v) is 9.11. The highest BCUT2D eigenvalue weighted by Gasteiger charge is 2.48. The number of carbonyl (C=O) groups is 1. The summed E-state index contributed by atoms with van der Waals surface area (Å²) in [7, 11) is 0. The summed E-state index contributed by atoms with van der Waals surface area (Å²) < 4.78 is 31.9. The van der Waals surface area contributed by atoms with Gasteiger partial charge in [0.2, 0.25) is 5.43 Å². The molecule has 2 aliphatic carbocycles. The summed E-state index contributed by atoms with van der Waals surface area (Å²) in [5.41, 5.74) is 4.30. The Bertz CT molecular complexity index is 1050. The number of piperidine rings is 2. The number of rotatable bonds is 3. The van der Waals surface area contributed by atoms with Crippen molar-refractivity contribution in [3.8, 4) is 0 Å². The Hall–Kier alpha value is -2.48. The van der Waals surface area contributed by atoms with E-state index in [4.69, 9.17) is 5.73 Å². The van der Waals surface area contributed by atoms with Gasteiger partial charge >= 0.3 is 5.97 Å². The number of halogens is 2. The van der Waals surface area contributed by atoms with Gasteiger partial charge in [0.1, 0.15) is 17.1 Å². The molecule has 3 heterocycles. The number of carboxylic acids is 1. The Morgan fingerprint density at radius 3 is 2.59 bits per heavy atom. The minimum atomic E-state index is -1.40. The fourth-order valence-electron chi connectivity index (χ4n) is 4.79. The van der Waals surface area contributed by atoms with Gasteiger partial charge in [-0.3, -0.25) is 4.79 Å². The monoisotopic (exact) mass is 375 g/mol. The Balaban J connectivity index is 1.75. The first kappa shape index (κ1) is 16.7. The molecule has 2 aliphatic heterocycles. The molecule has 2 bridgehead atoms. The Labute approximate surface area is 153 Å². The van der Waals surface area contributed by atoms with Gasteiger partial charge in [0, 0.05) is 30.9 Å². The van der Waals surface area contributed by atoms with Crippen molar-refractivity contribution in [3.63, 3.8) is 0 Å². The van der Waals surface area contributed by atoms with Crippen LogP contribution in [0.2, 0.25) is 0 Å². The standard InChI is InChI=1S/C19H19F2N3O3/c20-13-3-11-15(24(10-1-2-10)7-12(17(11)25)18(26)27)14(21)16(13)23-6-9-4-19(22,5-9)8-23/h3,7,9-10H,1-2,4-6,8,22H2,(H,26,27). The summed E-state index contributed by atoms with van der Waals surface area (Å²) in [4.78, 5) is 25.5. The number of carboxylic acid groups (broad SMARTS) is 1. The van der Waals surface area contributed by atoms with Crippen LogP contribution in [0, 0.1) is 17.6 Å². The summed E-state index contributed by atoms with van der Waals surface area (Å²) in [6.07, 6.45) is 4.43. The molecular weight excluding hydrogens is 356 g/mol. The van der Waals surface area contributed by atoms with Gasteiger partial charge in [-0.25, -0.2) is 13.6 Å². The molecule has 0 amide bonds. The van der Waals surface area contributed by atoms with Gasteiger partial charge in [-0.15, -0.1) is 0 Å². The number of hydrogen-bond acceptors (Lipinski definition) is 4. The largest absolute Gasteiger partial charge is 0.477 e. The van der Waals surface area contributed by atoms with Gasteiger partial charge in [0.25, 0.3) is 0 Å². The van der Waals surface area contributed by atoms with E-state index in [0.717, 1.165) is 31.7 Å². The highest BCUT2D eigenvalue weighted by molar-refractivity contribution is 5.94. The van der Waals surface area contributed by atoms with Crippen LogP contribution in [0.3, 0.4) is 0 Å². The van der Waals surface area contributed by atoms with Crippen LogP contribution in [0.15, 0.2) is 17.1 Å². The Morgan fingerprint density at radius 2 is 2.00 bits per heavy atom. The van der Waals surface area contributed by atoms with Gasteiger partial charge < -0.3 is 20.3 Å². The van der Waals surface area contributed by atoms with Crippen molar-refractivity contribution in [2.24, 2.45) is 11.7 Å². The van der Waals surface area contributed by atoms with Crippen molar-refractivity contribution in [1.82, 2.24) is 4.57 Å². The lowest BCUT2D eigenvalue weighted by Crippen LogP contribution is -2.66. The molecule has 27 heavy (non-hydrogen) atoms. The van der Waals surface area contributed by atoms with Crippen LogP contribution in [-0.4, -0.2) is 34.3 Å². The van der Waals surface area contributed by atoms with Crippen molar-refractivity contribution in [2.45, 2.75) is 37.3 Å². The highest BCUT2D eigenvalue weighted by Crippen LogP contribution is 2.45. The maximum absolute atomic E-state index is 15.5. The van der Waals surface area contributed by atoms with Crippen molar-refractivity contribution >= 4 is 22.6 Å². The molecule has 6 nitrogen and oxygen atoms in total. The molecule has 6 rings (SSSR count). The smallest absolute Gasteiger partial charge is 0.341 e. The van der Waals surface area contributed by atoms with Crippen molar-refractivity contribution in [1.29, 1.82) is 0 Å². The molecule has 0 unspecified atom stereocenters. The molecule has 0 atom stereocenters. The van der Waals surface area contributed by atoms with Gasteiger partial charge in [0.05, 0.1) is 10.9 Å². The van der Waals surface area contributed by atoms with Crippen LogP contribution in [0.5, 0.6) is 0 Å². The summed E-state index contributed by atoms with van der Waals surface area (Å²) >= 11 is 0. The molecule has 4 fully saturated rings. The number of hydrogen-bond donors (Lipinski definition) is 2. The van der Waals surface area contributed by atoms with E-state index in [0.29, 0.717) is 19.0 Å². The van der Waals surface area contributed by atoms with E-state index in [1.54, 1.807) is 4.90 Å². The van der Waals surface area contributed by atoms with E-state index < -0.39 is 34.1 Å². The number of benzene rings is 1. The number of aromatic carboxylic acids is 1. The SMILES string of the molecule is NC12CC(CN(c3c(F)cc4c(=O)c(C(=O)O)cn(C5CC5)c4c3F)C1)C2. The summed E-state index contributed by atoms with van der Waals surface area (Å²) in [5, 5.41) is 9.06. The fourth-order valence-corrected chi connectivity index (χ4v) is 4.79. The predicted octanol–water partition coefficient (Wildman–Crippen LogP) is 2.24. The Kier molecular flexibility index (Phi) is 3.26. The van der Waals surface area contributed by atoms with Crippen molar-refractivity contribution in [2.75, 3.05) is 18.0 Å². The number of nitrogens with two attached hydrogens (primary N) is 1. The lowest BCUT2D eigenvalue weighted by molar-refractivity contribution is 0.0694. The second-order valence-corrected chi connectivity index (χ2v) is 8.25. The van der Waals surface area contributed by atoms with Gasteiger partial charge in [-0.1, -0.05) is 0 Å². The molecule has 2 aromatic rings. The average molecular weight is 375 g/mol. The van der Waals surface area contributed by atoms with Gasteiger partial charge in [-0.2, -0.15) is 0 Å². The van der Waals surface area contributed by atoms with Crippen LogP contribution in [0.1, 0.15) is 42.1 Å². The first-order valence-electron chi connectivity index (χ1n) is 9.11. The second-order valence-electron chi connectivity index (χ2n) is 8.25. The Morgan fingerprint density at radius 1 is 1.30 bits per heavy atom. The van der Waals surface area contributed by atoms with E-state index in [2.05, 4.69) is 0 Å². The third-order valence-electron chi connectivity index (χ3n) is 6.05. The molecule has 0 radical (unpaired) electrons. The number of nitrogens with zero attached hydrogens (tertiary/aromatic N) is 2. The lowest BCUT2D eigenvalue weighted by atomic mass is 9.65. The van der Waals surface area contributed by atoms with Crippen LogP contribution in [-0.2, 0) is 0 Å². The minimum absolute atomic E-state index is 0.0192. The molecule has 2 saturated heterocycles. The first-order chi connectivity index (χ1) is 12.8. The lowest BCUT2D eigenvalue weighted by Gasteiger charge is -2.55. The number of aromatic nitrogens is 1. The molecule has 8 heteroatoms. The van der Waals surface area contributed by atoms with E-state index in [1.165, 1.54) is 10.8 Å². The zero-order valence-electron chi connectivity index (χ0n) is 14.5. The van der Waals surface area contributed by atoms with E-state index >= 15 is 4.39 Å². The van der Waals surface area contributed by atoms with Crippen LogP contribution < -0.4 is 16.1 Å². The van der Waals surface area contributed by atoms with Crippen LogP contribution in [0.4, 0.5) is 14.5 Å². The second kappa shape index (κ2) is 5.28. The topological polar surface area (TPSA) is 88.6 Å². The van der Waals surface area contributed by atoms with Crippen LogP contribution >= 0.6 is 0 Å². The van der Waals surface area contributed by atoms with E-state index in [1.807, 2.05) is 0 Å². The average Bonchev–Trinajstić information content (AvgIpc) is 3.39. The third-order valence-corrected chi connectivity index (χ3v) is 6.05. The molecule has 142 valence electrons. The van der Waals surface area contributed by atoms with Crippen molar-refractivity contribution < 1.29 is 18.7 Å². The molecule has 1 aromatic carbocycles. The predicted molar refractivity (Wildman–Crippen MR) is 95.2 cm³/mol. The molecule has 2 saturated carbocycles. The fraction of sp³-hybridized carbons (Fsp3) is 0.474.